The van der Waals surface area contributed by atoms with Gasteiger partial charge in [0.25, 0.3) is 5.91 Å². The fraction of sp³-hybridized carbons (Fsp3) is 0.273. The summed E-state index contributed by atoms with van der Waals surface area (Å²) in [5.74, 6) is -0.520. The van der Waals surface area contributed by atoms with Gasteiger partial charge in [-0.2, -0.15) is 0 Å². The maximum Gasteiger partial charge on any atom is 0.267 e. The largest absolute Gasteiger partial charge is 0.506 e. The number of amides is 1. The van der Waals surface area contributed by atoms with Crippen LogP contribution in [-0.2, 0) is 4.79 Å². The van der Waals surface area contributed by atoms with Crippen LogP contribution in [0, 0.1) is 5.82 Å². The number of hydrogen-bond donors (Lipinski definition) is 1. The Balaban J connectivity index is 1.76. The number of aromatic hydroxyl groups is 1. The highest BCUT2D eigenvalue weighted by Crippen LogP contribution is 2.41. The van der Waals surface area contributed by atoms with Crippen molar-refractivity contribution in [1.82, 2.24) is 4.90 Å². The fourth-order valence-electron chi connectivity index (χ4n) is 3.71. The number of hydrogen-bond acceptors (Lipinski definition) is 4. The summed E-state index contributed by atoms with van der Waals surface area (Å²) < 4.78 is 15.5. The lowest BCUT2D eigenvalue weighted by Gasteiger charge is -2.30. The van der Waals surface area contributed by atoms with Gasteiger partial charge in [-0.15, -0.1) is 0 Å². The van der Waals surface area contributed by atoms with E-state index < -0.39 is 5.82 Å². The van der Waals surface area contributed by atoms with Crippen molar-refractivity contribution < 1.29 is 14.3 Å². The van der Waals surface area contributed by atoms with Gasteiger partial charge in [-0.3, -0.25) is 9.69 Å². The lowest BCUT2D eigenvalue weighted by Crippen LogP contribution is -2.40. The van der Waals surface area contributed by atoms with E-state index in [2.05, 4.69) is 36.9 Å². The number of thioether (sulfide) groups is 1. The Bertz CT molecular complexity index is 1050. The third-order valence-corrected chi connectivity index (χ3v) is 7.23. The molecule has 156 valence electrons. The minimum absolute atomic E-state index is 0.0537. The lowest BCUT2D eigenvalue weighted by atomic mass is 9.94. The molecule has 30 heavy (non-hydrogen) atoms. The van der Waals surface area contributed by atoms with Crippen molar-refractivity contribution in [2.75, 3.05) is 0 Å². The second kappa shape index (κ2) is 9.24. The van der Waals surface area contributed by atoms with E-state index in [1.807, 2.05) is 0 Å². The topological polar surface area (TPSA) is 52.9 Å². The zero-order valence-corrected chi connectivity index (χ0v) is 19.9. The monoisotopic (exact) mass is 552 g/mol. The lowest BCUT2D eigenvalue weighted by molar-refractivity contribution is -0.124. The van der Waals surface area contributed by atoms with Crippen LogP contribution in [0.1, 0.15) is 37.7 Å². The molecule has 4 rings (SSSR count). The van der Waals surface area contributed by atoms with Gasteiger partial charge in [-0.1, -0.05) is 47.3 Å². The summed E-state index contributed by atoms with van der Waals surface area (Å²) in [6.45, 7) is 0. The fourth-order valence-corrected chi connectivity index (χ4v) is 6.01. The Labute approximate surface area is 195 Å². The van der Waals surface area contributed by atoms with Crippen LogP contribution in [0.2, 0.25) is 0 Å². The second-order valence-electron chi connectivity index (χ2n) is 7.25. The van der Waals surface area contributed by atoms with Gasteiger partial charge in [0, 0.05) is 16.1 Å². The van der Waals surface area contributed by atoms with Crippen molar-refractivity contribution in [3.8, 4) is 5.75 Å². The molecule has 2 fully saturated rings. The Morgan fingerprint density at radius 3 is 2.63 bits per heavy atom. The first kappa shape index (κ1) is 21.6. The minimum atomic E-state index is -0.423. The van der Waals surface area contributed by atoms with E-state index >= 15 is 0 Å². The number of carbonyl (C=O) groups is 1. The molecule has 1 aliphatic carbocycles. The van der Waals surface area contributed by atoms with Crippen LogP contribution in [0.5, 0.6) is 5.75 Å². The van der Waals surface area contributed by atoms with Gasteiger partial charge in [-0.05, 0) is 70.9 Å². The van der Waals surface area contributed by atoms with Crippen molar-refractivity contribution in [3.05, 3.63) is 61.6 Å². The highest BCUT2D eigenvalue weighted by molar-refractivity contribution is 9.11. The molecule has 1 N–H and O–H groups in total. The number of rotatable bonds is 3. The highest BCUT2D eigenvalue weighted by atomic mass is 79.9. The summed E-state index contributed by atoms with van der Waals surface area (Å²) in [4.78, 5) is 20.0. The molecule has 2 aliphatic rings. The number of aliphatic imine (C=N–C) groups is 1. The van der Waals surface area contributed by atoms with Crippen molar-refractivity contribution in [2.24, 2.45) is 4.99 Å². The third kappa shape index (κ3) is 4.50. The predicted molar refractivity (Wildman–Crippen MR) is 126 cm³/mol. The van der Waals surface area contributed by atoms with E-state index in [4.69, 9.17) is 0 Å². The molecule has 4 nitrogen and oxygen atoms in total. The molecule has 1 aliphatic heterocycles. The van der Waals surface area contributed by atoms with Crippen molar-refractivity contribution >= 4 is 66.5 Å². The molecule has 0 bridgehead atoms. The summed E-state index contributed by atoms with van der Waals surface area (Å²) in [5, 5.41) is 10.9. The van der Waals surface area contributed by atoms with E-state index in [0.717, 1.165) is 36.6 Å². The molecule has 1 saturated heterocycles. The first-order valence-electron chi connectivity index (χ1n) is 9.68. The number of para-hydroxylation sites is 1. The van der Waals surface area contributed by atoms with Crippen LogP contribution >= 0.6 is 43.6 Å². The van der Waals surface area contributed by atoms with Crippen LogP contribution < -0.4 is 0 Å². The molecule has 0 atom stereocenters. The van der Waals surface area contributed by atoms with Gasteiger partial charge in [0.15, 0.2) is 5.17 Å². The first-order valence-corrected chi connectivity index (χ1v) is 12.1. The molecule has 1 heterocycles. The summed E-state index contributed by atoms with van der Waals surface area (Å²) in [6.07, 6.45) is 6.76. The number of carbonyl (C=O) groups excluding carboxylic acids is 1. The van der Waals surface area contributed by atoms with Crippen molar-refractivity contribution in [3.63, 3.8) is 0 Å². The average molecular weight is 554 g/mol. The molecule has 0 radical (unpaired) electrons. The van der Waals surface area contributed by atoms with E-state index in [1.165, 1.54) is 17.8 Å². The summed E-state index contributed by atoms with van der Waals surface area (Å²) >= 11 is 7.95. The van der Waals surface area contributed by atoms with Gasteiger partial charge in [0.1, 0.15) is 17.3 Å². The van der Waals surface area contributed by atoms with Crippen LogP contribution in [0.25, 0.3) is 6.08 Å². The van der Waals surface area contributed by atoms with Crippen molar-refractivity contribution in [1.29, 1.82) is 0 Å². The molecular formula is C22H19Br2FN2O2S. The number of halogens is 3. The molecule has 0 unspecified atom stereocenters. The Kier molecular flexibility index (Phi) is 6.65. The van der Waals surface area contributed by atoms with E-state index in [-0.39, 0.29) is 23.4 Å². The Morgan fingerprint density at radius 1 is 1.17 bits per heavy atom. The van der Waals surface area contributed by atoms with Crippen LogP contribution in [0.4, 0.5) is 10.1 Å². The summed E-state index contributed by atoms with van der Waals surface area (Å²) in [5.41, 5.74) is 0.728. The molecule has 8 heteroatoms. The molecule has 1 amide bonds. The maximum absolute atomic E-state index is 14.2. The number of nitrogens with zero attached hydrogens (tertiary/aromatic N) is 2. The number of benzene rings is 2. The molecule has 1 saturated carbocycles. The zero-order chi connectivity index (χ0) is 21.3. The van der Waals surface area contributed by atoms with Gasteiger partial charge < -0.3 is 5.11 Å². The quantitative estimate of drug-likeness (QED) is 0.416. The van der Waals surface area contributed by atoms with E-state index in [1.54, 1.807) is 41.3 Å². The van der Waals surface area contributed by atoms with E-state index in [0.29, 0.717) is 20.1 Å². The van der Waals surface area contributed by atoms with Crippen molar-refractivity contribution in [2.45, 2.75) is 38.1 Å². The highest BCUT2D eigenvalue weighted by Gasteiger charge is 2.39. The Morgan fingerprint density at radius 2 is 1.90 bits per heavy atom. The molecule has 0 spiro atoms. The number of phenolic OH excluding ortho intramolecular Hbond substituents is 1. The number of amidine groups is 1. The molecule has 0 aromatic heterocycles. The van der Waals surface area contributed by atoms with Crippen LogP contribution in [0.15, 0.2) is 55.2 Å². The molecule has 2 aromatic rings. The summed E-state index contributed by atoms with van der Waals surface area (Å²) in [7, 11) is 0. The summed E-state index contributed by atoms with van der Waals surface area (Å²) in [6, 6.07) is 9.84. The van der Waals surface area contributed by atoms with E-state index in [9.17, 15) is 14.3 Å². The molecular weight excluding hydrogens is 535 g/mol. The SMILES string of the molecule is O=C1/C(=C/c2cc(Br)cc(Br)c2O)SC(=Nc2ccccc2F)N1C1CCCCC1. The second-order valence-corrected chi connectivity index (χ2v) is 10.0. The average Bonchev–Trinajstić information content (AvgIpc) is 3.03. The maximum atomic E-state index is 14.2. The van der Waals surface area contributed by atoms with Crippen LogP contribution in [-0.4, -0.2) is 27.1 Å². The predicted octanol–water partition coefficient (Wildman–Crippen LogP) is 6.99. The minimum Gasteiger partial charge on any atom is -0.506 e. The van der Waals surface area contributed by atoms with Gasteiger partial charge in [0.2, 0.25) is 0 Å². The van der Waals surface area contributed by atoms with Gasteiger partial charge in [-0.25, -0.2) is 9.38 Å². The van der Waals surface area contributed by atoms with Gasteiger partial charge >= 0.3 is 0 Å². The van der Waals surface area contributed by atoms with Crippen LogP contribution in [0.3, 0.4) is 0 Å². The molecule has 2 aromatic carbocycles. The van der Waals surface area contributed by atoms with Gasteiger partial charge in [0.05, 0.1) is 9.38 Å². The standard InChI is InChI=1S/C22H19Br2FN2O2S/c23-14-10-13(20(28)16(24)12-14)11-19-21(29)27(15-6-2-1-3-7-15)22(30-19)26-18-9-5-4-8-17(18)25/h4-5,8-12,15,28H,1-3,6-7H2/b19-11-,26-22?. The number of phenols is 1. The first-order chi connectivity index (χ1) is 14.4. The zero-order valence-electron chi connectivity index (χ0n) is 15.9. The Hall–Kier alpha value is -1.64. The normalized spacial score (nSPS) is 20.5. The third-order valence-electron chi connectivity index (χ3n) is 5.19. The smallest absolute Gasteiger partial charge is 0.267 e.